The summed E-state index contributed by atoms with van der Waals surface area (Å²) in [6.45, 7) is 0.923. The monoisotopic (exact) mass is 247 g/mol. The molecule has 1 amide bonds. The summed E-state index contributed by atoms with van der Waals surface area (Å²) < 4.78 is 0. The summed E-state index contributed by atoms with van der Waals surface area (Å²) >= 11 is 0. The summed E-state index contributed by atoms with van der Waals surface area (Å²) in [5.74, 6) is 0.790. The number of hydrogen-bond acceptors (Lipinski definition) is 3. The van der Waals surface area contributed by atoms with Gasteiger partial charge in [-0.2, -0.15) is 0 Å². The lowest BCUT2D eigenvalue weighted by atomic mass is 9.83. The standard InChI is InChI=1S/C14H21N3O/c1-16-14(18)11-5-6-12(15)13(9-11)17-8-7-10-3-2-4-10/h5-6,9-10,17H,2-4,7-8,15H2,1H3,(H,16,18). The van der Waals surface area contributed by atoms with Gasteiger partial charge in [0, 0.05) is 19.2 Å². The molecule has 0 saturated heterocycles. The number of hydrogen-bond donors (Lipinski definition) is 3. The number of nitrogen functional groups attached to an aromatic ring is 1. The molecule has 18 heavy (non-hydrogen) atoms. The topological polar surface area (TPSA) is 67.2 Å². The molecule has 98 valence electrons. The third-order valence-corrected chi connectivity index (χ3v) is 3.64. The van der Waals surface area contributed by atoms with Gasteiger partial charge in [-0.1, -0.05) is 19.3 Å². The minimum Gasteiger partial charge on any atom is -0.397 e. The molecule has 1 aromatic carbocycles. The van der Waals surface area contributed by atoms with E-state index >= 15 is 0 Å². The van der Waals surface area contributed by atoms with E-state index in [2.05, 4.69) is 10.6 Å². The highest BCUT2D eigenvalue weighted by atomic mass is 16.1. The van der Waals surface area contributed by atoms with Crippen LogP contribution in [0.5, 0.6) is 0 Å². The molecule has 0 spiro atoms. The van der Waals surface area contributed by atoms with Crippen LogP contribution in [0.25, 0.3) is 0 Å². The van der Waals surface area contributed by atoms with Gasteiger partial charge in [-0.3, -0.25) is 4.79 Å². The van der Waals surface area contributed by atoms with Crippen molar-refractivity contribution in [2.45, 2.75) is 25.7 Å². The minimum atomic E-state index is -0.0861. The highest BCUT2D eigenvalue weighted by molar-refractivity contribution is 5.96. The molecule has 1 fully saturated rings. The van der Waals surface area contributed by atoms with Gasteiger partial charge in [-0.05, 0) is 30.5 Å². The summed E-state index contributed by atoms with van der Waals surface area (Å²) in [5, 5.41) is 5.94. The molecule has 0 aromatic heterocycles. The Kier molecular flexibility index (Phi) is 4.07. The summed E-state index contributed by atoms with van der Waals surface area (Å²) in [6, 6.07) is 5.33. The van der Waals surface area contributed by atoms with E-state index in [1.165, 1.54) is 25.7 Å². The molecule has 4 heteroatoms. The first-order chi connectivity index (χ1) is 8.70. The highest BCUT2D eigenvalue weighted by Gasteiger charge is 2.16. The lowest BCUT2D eigenvalue weighted by Gasteiger charge is -2.25. The van der Waals surface area contributed by atoms with E-state index in [9.17, 15) is 4.79 Å². The van der Waals surface area contributed by atoms with Gasteiger partial charge in [0.1, 0.15) is 0 Å². The quantitative estimate of drug-likeness (QED) is 0.699. The fourth-order valence-electron chi connectivity index (χ4n) is 2.19. The summed E-state index contributed by atoms with van der Waals surface area (Å²) in [7, 11) is 1.63. The van der Waals surface area contributed by atoms with Crippen LogP contribution in [-0.2, 0) is 0 Å². The molecule has 0 atom stereocenters. The maximum absolute atomic E-state index is 11.5. The van der Waals surface area contributed by atoms with Crippen LogP contribution in [0.4, 0.5) is 11.4 Å². The van der Waals surface area contributed by atoms with Crippen LogP contribution in [0, 0.1) is 5.92 Å². The third kappa shape index (κ3) is 2.94. The van der Waals surface area contributed by atoms with Crippen LogP contribution in [0.15, 0.2) is 18.2 Å². The number of benzene rings is 1. The molecule has 0 aliphatic heterocycles. The zero-order valence-corrected chi connectivity index (χ0v) is 10.8. The average molecular weight is 247 g/mol. The van der Waals surface area contributed by atoms with Gasteiger partial charge >= 0.3 is 0 Å². The number of nitrogens with two attached hydrogens (primary N) is 1. The van der Waals surface area contributed by atoms with Crippen molar-refractivity contribution in [1.29, 1.82) is 0 Å². The molecule has 4 nitrogen and oxygen atoms in total. The first-order valence-electron chi connectivity index (χ1n) is 6.56. The smallest absolute Gasteiger partial charge is 0.251 e. The number of anilines is 2. The van der Waals surface area contributed by atoms with Crippen molar-refractivity contribution < 1.29 is 4.79 Å². The predicted octanol–water partition coefficient (Wildman–Crippen LogP) is 2.23. The Morgan fingerprint density at radius 2 is 2.22 bits per heavy atom. The molecule has 1 aromatic rings. The number of nitrogens with one attached hydrogen (secondary N) is 2. The van der Waals surface area contributed by atoms with E-state index in [0.717, 1.165) is 18.2 Å². The van der Waals surface area contributed by atoms with Crippen molar-refractivity contribution in [2.75, 3.05) is 24.6 Å². The Hall–Kier alpha value is -1.71. The molecule has 1 saturated carbocycles. The van der Waals surface area contributed by atoms with Crippen molar-refractivity contribution in [3.8, 4) is 0 Å². The van der Waals surface area contributed by atoms with Crippen LogP contribution in [0.1, 0.15) is 36.0 Å². The first kappa shape index (κ1) is 12.7. The second-order valence-corrected chi connectivity index (χ2v) is 4.89. The summed E-state index contributed by atoms with van der Waals surface area (Å²) in [6.07, 6.45) is 5.27. The van der Waals surface area contributed by atoms with Crippen molar-refractivity contribution in [3.05, 3.63) is 23.8 Å². The normalized spacial score (nSPS) is 14.9. The van der Waals surface area contributed by atoms with Crippen LogP contribution in [0.3, 0.4) is 0 Å². The maximum atomic E-state index is 11.5. The molecule has 0 radical (unpaired) electrons. The maximum Gasteiger partial charge on any atom is 0.251 e. The summed E-state index contributed by atoms with van der Waals surface area (Å²) in [5.41, 5.74) is 8.08. The Bertz CT molecular complexity index is 427. The Morgan fingerprint density at radius 1 is 1.44 bits per heavy atom. The number of carbonyl (C=O) groups excluding carboxylic acids is 1. The fourth-order valence-corrected chi connectivity index (χ4v) is 2.19. The zero-order valence-electron chi connectivity index (χ0n) is 10.8. The lowest BCUT2D eigenvalue weighted by Crippen LogP contribution is -2.19. The molecule has 0 unspecified atom stereocenters. The molecular weight excluding hydrogens is 226 g/mol. The van der Waals surface area contributed by atoms with E-state index < -0.39 is 0 Å². The van der Waals surface area contributed by atoms with E-state index in [1.54, 1.807) is 19.2 Å². The van der Waals surface area contributed by atoms with Gasteiger partial charge in [0.15, 0.2) is 0 Å². The largest absolute Gasteiger partial charge is 0.397 e. The van der Waals surface area contributed by atoms with Crippen molar-refractivity contribution >= 4 is 17.3 Å². The van der Waals surface area contributed by atoms with E-state index in [0.29, 0.717) is 11.3 Å². The van der Waals surface area contributed by atoms with Gasteiger partial charge < -0.3 is 16.4 Å². The average Bonchev–Trinajstić information content (AvgIpc) is 2.33. The van der Waals surface area contributed by atoms with Crippen molar-refractivity contribution in [1.82, 2.24) is 5.32 Å². The Morgan fingerprint density at radius 3 is 2.83 bits per heavy atom. The first-order valence-corrected chi connectivity index (χ1v) is 6.56. The number of amides is 1. The van der Waals surface area contributed by atoms with Crippen LogP contribution in [-0.4, -0.2) is 19.5 Å². The third-order valence-electron chi connectivity index (χ3n) is 3.64. The van der Waals surface area contributed by atoms with E-state index in [1.807, 2.05) is 6.07 Å². The van der Waals surface area contributed by atoms with Gasteiger partial charge in [-0.15, -0.1) is 0 Å². The number of carbonyl (C=O) groups is 1. The van der Waals surface area contributed by atoms with Gasteiger partial charge in [0.25, 0.3) is 5.91 Å². The fraction of sp³-hybridized carbons (Fsp3) is 0.500. The Labute approximate surface area is 108 Å². The predicted molar refractivity (Wildman–Crippen MR) is 74.7 cm³/mol. The number of rotatable bonds is 5. The molecular formula is C14H21N3O. The SMILES string of the molecule is CNC(=O)c1ccc(N)c(NCCC2CCC2)c1. The van der Waals surface area contributed by atoms with Gasteiger partial charge in [0.05, 0.1) is 11.4 Å². The van der Waals surface area contributed by atoms with E-state index in [-0.39, 0.29) is 5.91 Å². The minimum absolute atomic E-state index is 0.0861. The van der Waals surface area contributed by atoms with E-state index in [4.69, 9.17) is 5.73 Å². The molecule has 1 aliphatic rings. The van der Waals surface area contributed by atoms with Gasteiger partial charge in [-0.25, -0.2) is 0 Å². The molecule has 4 N–H and O–H groups in total. The van der Waals surface area contributed by atoms with Crippen LogP contribution >= 0.6 is 0 Å². The van der Waals surface area contributed by atoms with Crippen molar-refractivity contribution in [3.63, 3.8) is 0 Å². The molecule has 0 heterocycles. The van der Waals surface area contributed by atoms with Crippen molar-refractivity contribution in [2.24, 2.45) is 5.92 Å². The summed E-state index contributed by atoms with van der Waals surface area (Å²) in [4.78, 5) is 11.5. The van der Waals surface area contributed by atoms with Gasteiger partial charge in [0.2, 0.25) is 0 Å². The highest BCUT2D eigenvalue weighted by Crippen LogP contribution is 2.29. The zero-order chi connectivity index (χ0) is 13.0. The second-order valence-electron chi connectivity index (χ2n) is 4.89. The Balaban J connectivity index is 1.94. The van der Waals surface area contributed by atoms with Crippen LogP contribution < -0.4 is 16.4 Å². The molecule has 1 aliphatic carbocycles. The van der Waals surface area contributed by atoms with Crippen LogP contribution in [0.2, 0.25) is 0 Å². The molecule has 0 bridgehead atoms. The molecule has 2 rings (SSSR count). The second kappa shape index (κ2) is 5.76. The lowest BCUT2D eigenvalue weighted by molar-refractivity contribution is 0.0963.